The molecule has 1 saturated carbocycles. The van der Waals surface area contributed by atoms with Crippen molar-refractivity contribution < 1.29 is 0 Å². The molecule has 3 fully saturated rings. The van der Waals surface area contributed by atoms with Gasteiger partial charge in [-0.2, -0.15) is 0 Å². The second-order valence-corrected chi connectivity index (χ2v) is 7.49. The average Bonchev–Trinajstić information content (AvgIpc) is 2.87. The molecule has 1 N–H and O–H groups in total. The van der Waals surface area contributed by atoms with Crippen LogP contribution in [0.4, 0.5) is 0 Å². The molecule has 3 nitrogen and oxygen atoms in total. The molecule has 0 aromatic heterocycles. The Balaban J connectivity index is 1.70. The van der Waals surface area contributed by atoms with Crippen molar-refractivity contribution in [2.45, 2.75) is 77.0 Å². The summed E-state index contributed by atoms with van der Waals surface area (Å²) in [5.74, 6) is 0.906. The molecule has 2 aliphatic heterocycles. The van der Waals surface area contributed by atoms with Gasteiger partial charge in [-0.25, -0.2) is 0 Å². The largest absolute Gasteiger partial charge is 0.313 e. The number of hydrogen-bond acceptors (Lipinski definition) is 3. The van der Waals surface area contributed by atoms with Crippen LogP contribution in [0.1, 0.15) is 52.9 Å². The van der Waals surface area contributed by atoms with Gasteiger partial charge in [-0.15, -0.1) is 0 Å². The lowest BCUT2D eigenvalue weighted by molar-refractivity contribution is -0.00307. The number of rotatable bonds is 3. The maximum absolute atomic E-state index is 3.78. The van der Waals surface area contributed by atoms with Gasteiger partial charge in [0.2, 0.25) is 0 Å². The molecule has 5 unspecified atom stereocenters. The Labute approximate surface area is 125 Å². The molecular weight excluding hydrogens is 246 g/mol. The van der Waals surface area contributed by atoms with E-state index in [1.165, 1.54) is 51.7 Å². The van der Waals surface area contributed by atoms with Gasteiger partial charge in [-0.3, -0.25) is 9.80 Å². The van der Waals surface area contributed by atoms with E-state index in [4.69, 9.17) is 0 Å². The second-order valence-electron chi connectivity index (χ2n) is 7.49. The monoisotopic (exact) mass is 279 g/mol. The van der Waals surface area contributed by atoms with Crippen LogP contribution in [0.25, 0.3) is 0 Å². The van der Waals surface area contributed by atoms with Crippen LogP contribution in [0, 0.1) is 5.92 Å². The first-order valence-corrected chi connectivity index (χ1v) is 8.92. The first kappa shape index (κ1) is 14.8. The smallest absolute Gasteiger partial charge is 0.0255 e. The molecule has 5 atom stereocenters. The molecule has 0 amide bonds. The van der Waals surface area contributed by atoms with E-state index in [9.17, 15) is 0 Å². The summed E-state index contributed by atoms with van der Waals surface area (Å²) in [7, 11) is 0. The Morgan fingerprint density at radius 1 is 1.10 bits per heavy atom. The van der Waals surface area contributed by atoms with Gasteiger partial charge in [0, 0.05) is 37.3 Å². The first-order valence-electron chi connectivity index (χ1n) is 8.92. The Kier molecular flexibility index (Phi) is 4.68. The van der Waals surface area contributed by atoms with Crippen molar-refractivity contribution >= 4 is 0 Å². The number of hydrogen-bond donors (Lipinski definition) is 1. The van der Waals surface area contributed by atoms with E-state index in [1.54, 1.807) is 0 Å². The van der Waals surface area contributed by atoms with Gasteiger partial charge in [0.15, 0.2) is 0 Å². The van der Waals surface area contributed by atoms with Crippen molar-refractivity contribution in [2.24, 2.45) is 5.92 Å². The van der Waals surface area contributed by atoms with Crippen molar-refractivity contribution in [1.82, 2.24) is 15.1 Å². The Morgan fingerprint density at radius 2 is 1.95 bits per heavy atom. The van der Waals surface area contributed by atoms with Crippen LogP contribution in [-0.4, -0.2) is 60.1 Å². The van der Waals surface area contributed by atoms with Crippen molar-refractivity contribution in [1.29, 1.82) is 0 Å². The van der Waals surface area contributed by atoms with Crippen LogP contribution in [0.3, 0.4) is 0 Å². The fourth-order valence-corrected chi connectivity index (χ4v) is 4.89. The Morgan fingerprint density at radius 3 is 2.75 bits per heavy atom. The topological polar surface area (TPSA) is 18.5 Å². The van der Waals surface area contributed by atoms with Crippen molar-refractivity contribution in [3.8, 4) is 0 Å². The molecular formula is C17H33N3. The predicted molar refractivity (Wildman–Crippen MR) is 85.0 cm³/mol. The molecule has 20 heavy (non-hydrogen) atoms. The van der Waals surface area contributed by atoms with Gasteiger partial charge in [0.25, 0.3) is 0 Å². The summed E-state index contributed by atoms with van der Waals surface area (Å²) in [5.41, 5.74) is 0. The van der Waals surface area contributed by atoms with Gasteiger partial charge in [0.05, 0.1) is 0 Å². The van der Waals surface area contributed by atoms with E-state index in [-0.39, 0.29) is 0 Å². The lowest BCUT2D eigenvalue weighted by Gasteiger charge is -2.50. The van der Waals surface area contributed by atoms with E-state index in [0.29, 0.717) is 0 Å². The van der Waals surface area contributed by atoms with Crippen LogP contribution in [0.5, 0.6) is 0 Å². The molecule has 2 saturated heterocycles. The lowest BCUT2D eigenvalue weighted by Crippen LogP contribution is -2.63. The van der Waals surface area contributed by atoms with Crippen molar-refractivity contribution in [3.05, 3.63) is 0 Å². The zero-order chi connectivity index (χ0) is 14.1. The standard InChI is InChI=1S/C17H33N3/c1-4-18-16-8-7-13(2)10-17(16)20-12-15-6-5-9-19(15)11-14(20)3/h13-18H,4-12H2,1-3H3. The Bertz CT molecular complexity index is 319. The SMILES string of the molecule is CCNC1CCC(C)CC1N1CC2CCCN2CC1C. The van der Waals surface area contributed by atoms with Crippen molar-refractivity contribution in [3.63, 3.8) is 0 Å². The third-order valence-electron chi connectivity index (χ3n) is 5.96. The van der Waals surface area contributed by atoms with E-state index in [2.05, 4.69) is 35.9 Å². The third-order valence-corrected chi connectivity index (χ3v) is 5.96. The maximum atomic E-state index is 3.78. The number of nitrogens with one attached hydrogen (secondary N) is 1. The number of fused-ring (bicyclic) bond motifs is 1. The molecule has 0 aromatic carbocycles. The fourth-order valence-electron chi connectivity index (χ4n) is 4.89. The van der Waals surface area contributed by atoms with Gasteiger partial charge in [0.1, 0.15) is 0 Å². The number of nitrogens with zero attached hydrogens (tertiary/aromatic N) is 2. The maximum Gasteiger partial charge on any atom is 0.0255 e. The highest BCUT2D eigenvalue weighted by Crippen LogP contribution is 2.33. The average molecular weight is 279 g/mol. The molecule has 3 heteroatoms. The summed E-state index contributed by atoms with van der Waals surface area (Å²) in [4.78, 5) is 5.62. The highest BCUT2D eigenvalue weighted by Gasteiger charge is 2.41. The highest BCUT2D eigenvalue weighted by molar-refractivity contribution is 4.98. The molecule has 3 rings (SSSR count). The fraction of sp³-hybridized carbons (Fsp3) is 1.00. The summed E-state index contributed by atoms with van der Waals surface area (Å²) in [6.07, 6.45) is 7.03. The zero-order valence-corrected chi connectivity index (χ0v) is 13.6. The molecule has 0 aromatic rings. The summed E-state index contributed by atoms with van der Waals surface area (Å²) in [5, 5.41) is 3.78. The Hall–Kier alpha value is -0.120. The summed E-state index contributed by atoms with van der Waals surface area (Å²) in [6, 6.07) is 3.09. The second kappa shape index (κ2) is 6.33. The minimum absolute atomic E-state index is 0.728. The molecule has 2 heterocycles. The normalized spacial score (nSPS) is 43.6. The minimum Gasteiger partial charge on any atom is -0.313 e. The number of likely N-dealkylation sites (N-methyl/N-ethyl adjacent to an activating group) is 1. The molecule has 0 spiro atoms. The van der Waals surface area contributed by atoms with Crippen LogP contribution < -0.4 is 5.32 Å². The van der Waals surface area contributed by atoms with Crippen LogP contribution in [0.2, 0.25) is 0 Å². The minimum atomic E-state index is 0.728. The predicted octanol–water partition coefficient (Wildman–Crippen LogP) is 2.32. The first-order chi connectivity index (χ1) is 9.69. The summed E-state index contributed by atoms with van der Waals surface area (Å²) in [6.45, 7) is 12.2. The molecule has 0 bridgehead atoms. The number of piperazine rings is 1. The van der Waals surface area contributed by atoms with E-state index in [1.807, 2.05) is 0 Å². The third kappa shape index (κ3) is 2.90. The lowest BCUT2D eigenvalue weighted by atomic mass is 9.81. The van der Waals surface area contributed by atoms with Crippen LogP contribution in [0.15, 0.2) is 0 Å². The van der Waals surface area contributed by atoms with Gasteiger partial charge < -0.3 is 5.32 Å². The van der Waals surface area contributed by atoms with E-state index < -0.39 is 0 Å². The molecule has 1 aliphatic carbocycles. The molecule has 0 radical (unpaired) electrons. The zero-order valence-electron chi connectivity index (χ0n) is 13.6. The van der Waals surface area contributed by atoms with Gasteiger partial charge >= 0.3 is 0 Å². The molecule has 3 aliphatic rings. The van der Waals surface area contributed by atoms with Gasteiger partial charge in [-0.05, 0) is 58.0 Å². The van der Waals surface area contributed by atoms with E-state index in [0.717, 1.165) is 36.6 Å². The molecule has 116 valence electrons. The quantitative estimate of drug-likeness (QED) is 0.855. The van der Waals surface area contributed by atoms with E-state index >= 15 is 0 Å². The summed E-state index contributed by atoms with van der Waals surface area (Å²) < 4.78 is 0. The van der Waals surface area contributed by atoms with Crippen LogP contribution >= 0.6 is 0 Å². The van der Waals surface area contributed by atoms with Gasteiger partial charge in [-0.1, -0.05) is 13.8 Å². The summed E-state index contributed by atoms with van der Waals surface area (Å²) >= 11 is 0. The van der Waals surface area contributed by atoms with Crippen LogP contribution in [-0.2, 0) is 0 Å². The highest BCUT2D eigenvalue weighted by atomic mass is 15.3. The van der Waals surface area contributed by atoms with Crippen molar-refractivity contribution in [2.75, 3.05) is 26.2 Å².